The molecule has 2 heterocycles. The van der Waals surface area contributed by atoms with E-state index in [1.165, 1.54) is 12.1 Å². The van der Waals surface area contributed by atoms with Crippen LogP contribution >= 0.6 is 0 Å². The summed E-state index contributed by atoms with van der Waals surface area (Å²) in [5, 5.41) is 12.6. The first-order chi connectivity index (χ1) is 15.7. The van der Waals surface area contributed by atoms with Crippen LogP contribution in [-0.4, -0.2) is 55.1 Å². The maximum Gasteiger partial charge on any atom is 0.416 e. The van der Waals surface area contributed by atoms with Crippen LogP contribution in [0, 0.1) is 0 Å². The van der Waals surface area contributed by atoms with E-state index in [-0.39, 0.29) is 29.9 Å². The summed E-state index contributed by atoms with van der Waals surface area (Å²) < 4.78 is 50.6. The zero-order valence-corrected chi connectivity index (χ0v) is 18.2. The van der Waals surface area contributed by atoms with Crippen molar-refractivity contribution in [2.24, 2.45) is 0 Å². The summed E-state index contributed by atoms with van der Waals surface area (Å²) in [4.78, 5) is 13.4. The van der Waals surface area contributed by atoms with Crippen LogP contribution in [0.2, 0.25) is 0 Å². The minimum atomic E-state index is -4.39. The molecule has 4 rings (SSSR count). The summed E-state index contributed by atoms with van der Waals surface area (Å²) in [7, 11) is 0. The molecule has 0 amide bonds. The molecule has 0 aliphatic carbocycles. The van der Waals surface area contributed by atoms with Gasteiger partial charge in [0.25, 0.3) is 0 Å². The fourth-order valence-corrected chi connectivity index (χ4v) is 4.52. The molecule has 9 heteroatoms. The number of aromatic carboxylic acids is 1. The molecule has 2 saturated heterocycles. The number of morpholine rings is 1. The number of nitrogens with one attached hydrogen (secondary N) is 1. The van der Waals surface area contributed by atoms with Crippen LogP contribution in [0.1, 0.15) is 35.7 Å². The first kappa shape index (κ1) is 23.4. The van der Waals surface area contributed by atoms with Crippen LogP contribution in [0.3, 0.4) is 0 Å². The van der Waals surface area contributed by atoms with Gasteiger partial charge in [-0.3, -0.25) is 0 Å². The van der Waals surface area contributed by atoms with Crippen LogP contribution in [-0.2, 0) is 10.9 Å². The highest BCUT2D eigenvalue weighted by Crippen LogP contribution is 2.34. The molecule has 4 atom stereocenters. The normalized spacial score (nSPS) is 25.8. The van der Waals surface area contributed by atoms with Crippen molar-refractivity contribution in [3.05, 3.63) is 59.7 Å². The third-order valence-electron chi connectivity index (χ3n) is 6.27. The van der Waals surface area contributed by atoms with E-state index in [0.717, 1.165) is 30.8 Å². The van der Waals surface area contributed by atoms with Crippen LogP contribution in [0.25, 0.3) is 0 Å². The highest BCUT2D eigenvalue weighted by molar-refractivity contribution is 5.88. The topological polar surface area (TPSA) is 71.0 Å². The molecule has 2 aliphatic heterocycles. The summed E-state index contributed by atoms with van der Waals surface area (Å²) >= 11 is 0. The second-order valence-corrected chi connectivity index (χ2v) is 8.54. The Morgan fingerprint density at radius 1 is 1.18 bits per heavy atom. The van der Waals surface area contributed by atoms with Gasteiger partial charge in [-0.15, -0.1) is 0 Å². The quantitative estimate of drug-likeness (QED) is 0.668. The predicted molar refractivity (Wildman–Crippen MR) is 117 cm³/mol. The summed E-state index contributed by atoms with van der Waals surface area (Å²) in [6, 6.07) is 11.7. The Bertz CT molecular complexity index is 950. The third kappa shape index (κ3) is 5.59. The van der Waals surface area contributed by atoms with Crippen molar-refractivity contribution >= 4 is 11.7 Å². The second kappa shape index (κ2) is 9.61. The van der Waals surface area contributed by atoms with Gasteiger partial charge >= 0.3 is 12.1 Å². The summed E-state index contributed by atoms with van der Waals surface area (Å²) in [5.41, 5.74) is 0.371. The first-order valence-electron chi connectivity index (χ1n) is 11.0. The van der Waals surface area contributed by atoms with E-state index in [2.05, 4.69) is 17.1 Å². The van der Waals surface area contributed by atoms with Gasteiger partial charge in [0.2, 0.25) is 0 Å². The van der Waals surface area contributed by atoms with Crippen molar-refractivity contribution in [3.63, 3.8) is 0 Å². The molecular formula is C24H27F3N2O4. The Morgan fingerprint density at radius 2 is 1.88 bits per heavy atom. The molecule has 2 N–H and O–H groups in total. The standard InChI is InChI=1S/C24H27F3N2O4/c1-15-22(32-11-10-28-15)13-19-12-21(33-20-8-4-17(5-9-20)24(25,26)27)14-29(19)18-6-2-16(3-7-18)23(30)31/h2-9,15,19,21-22,28H,10-14H2,1H3,(H,30,31)/t15?,19-,21+,22-/m0/s1. The van der Waals surface area contributed by atoms with Crippen LogP contribution in [0.15, 0.2) is 48.5 Å². The first-order valence-corrected chi connectivity index (χ1v) is 11.0. The molecule has 0 spiro atoms. The molecule has 6 nitrogen and oxygen atoms in total. The third-order valence-corrected chi connectivity index (χ3v) is 6.27. The fourth-order valence-electron chi connectivity index (χ4n) is 4.52. The molecule has 2 fully saturated rings. The Balaban J connectivity index is 1.50. The Kier molecular flexibility index (Phi) is 6.81. The van der Waals surface area contributed by atoms with Gasteiger partial charge in [0.05, 0.1) is 30.4 Å². The summed E-state index contributed by atoms with van der Waals surface area (Å²) in [6.07, 6.45) is -3.16. The van der Waals surface area contributed by atoms with Crippen LogP contribution < -0.4 is 15.0 Å². The molecule has 33 heavy (non-hydrogen) atoms. The highest BCUT2D eigenvalue weighted by atomic mass is 19.4. The number of hydrogen-bond donors (Lipinski definition) is 2. The van der Waals surface area contributed by atoms with Crippen molar-refractivity contribution in [1.82, 2.24) is 5.32 Å². The molecule has 2 aromatic carbocycles. The smallest absolute Gasteiger partial charge is 0.416 e. The number of benzene rings is 2. The van der Waals surface area contributed by atoms with Crippen LogP contribution in [0.5, 0.6) is 5.75 Å². The van der Waals surface area contributed by atoms with E-state index in [1.54, 1.807) is 24.3 Å². The molecular weight excluding hydrogens is 437 g/mol. The van der Waals surface area contributed by atoms with Crippen molar-refractivity contribution in [2.75, 3.05) is 24.6 Å². The average molecular weight is 464 g/mol. The molecule has 2 aromatic rings. The predicted octanol–water partition coefficient (Wildman–Crippen LogP) is 4.20. The van der Waals surface area contributed by atoms with E-state index in [4.69, 9.17) is 9.47 Å². The van der Waals surface area contributed by atoms with Crippen molar-refractivity contribution < 1.29 is 32.5 Å². The number of carboxylic acids is 1. The lowest BCUT2D eigenvalue weighted by Gasteiger charge is -2.35. The monoisotopic (exact) mass is 464 g/mol. The van der Waals surface area contributed by atoms with Gasteiger partial charge in [0.1, 0.15) is 11.9 Å². The fraction of sp³-hybridized carbons (Fsp3) is 0.458. The maximum absolute atomic E-state index is 12.8. The highest BCUT2D eigenvalue weighted by Gasteiger charge is 2.37. The lowest BCUT2D eigenvalue weighted by atomic mass is 10.00. The second-order valence-electron chi connectivity index (χ2n) is 8.54. The van der Waals surface area contributed by atoms with Gasteiger partial charge in [0.15, 0.2) is 0 Å². The minimum Gasteiger partial charge on any atom is -0.489 e. The molecule has 178 valence electrons. The van der Waals surface area contributed by atoms with Gasteiger partial charge in [-0.25, -0.2) is 4.79 Å². The van der Waals surface area contributed by atoms with Gasteiger partial charge in [0, 0.05) is 30.7 Å². The van der Waals surface area contributed by atoms with E-state index in [0.29, 0.717) is 25.3 Å². The summed E-state index contributed by atoms with van der Waals surface area (Å²) in [5.74, 6) is -0.600. The molecule has 0 bridgehead atoms. The Labute approximate surface area is 190 Å². The Hall–Kier alpha value is -2.78. The van der Waals surface area contributed by atoms with Crippen LogP contribution in [0.4, 0.5) is 18.9 Å². The number of nitrogens with zero attached hydrogens (tertiary/aromatic N) is 1. The van der Waals surface area contributed by atoms with E-state index >= 15 is 0 Å². The van der Waals surface area contributed by atoms with E-state index in [9.17, 15) is 23.1 Å². The van der Waals surface area contributed by atoms with Gasteiger partial charge in [-0.05, 0) is 61.9 Å². The summed E-state index contributed by atoms with van der Waals surface area (Å²) in [6.45, 7) is 4.07. The number of halogens is 3. The van der Waals surface area contributed by atoms with E-state index < -0.39 is 17.7 Å². The molecule has 1 unspecified atom stereocenters. The SMILES string of the molecule is CC1NCCO[C@H]1C[C@@H]1C[C@@H](Oc2ccc(C(F)(F)F)cc2)CN1c1ccc(C(=O)O)cc1. The number of ether oxygens (including phenoxy) is 2. The molecule has 0 aromatic heterocycles. The number of anilines is 1. The zero-order valence-electron chi connectivity index (χ0n) is 18.2. The lowest BCUT2D eigenvalue weighted by Crippen LogP contribution is -2.49. The Morgan fingerprint density at radius 3 is 2.48 bits per heavy atom. The number of hydrogen-bond acceptors (Lipinski definition) is 5. The largest absolute Gasteiger partial charge is 0.489 e. The number of rotatable bonds is 6. The lowest BCUT2D eigenvalue weighted by molar-refractivity contribution is -0.137. The molecule has 0 radical (unpaired) electrons. The van der Waals surface area contributed by atoms with Crippen molar-refractivity contribution in [3.8, 4) is 5.75 Å². The maximum atomic E-state index is 12.8. The van der Waals surface area contributed by atoms with Crippen molar-refractivity contribution in [2.45, 2.75) is 50.2 Å². The minimum absolute atomic E-state index is 0.0226. The van der Waals surface area contributed by atoms with Crippen molar-refractivity contribution in [1.29, 1.82) is 0 Å². The number of carboxylic acid groups (broad SMARTS) is 1. The van der Waals surface area contributed by atoms with Gasteiger partial charge < -0.3 is 24.8 Å². The van der Waals surface area contributed by atoms with Gasteiger partial charge in [-0.1, -0.05) is 0 Å². The number of carbonyl (C=O) groups is 1. The molecule has 0 saturated carbocycles. The van der Waals surface area contributed by atoms with Gasteiger partial charge in [-0.2, -0.15) is 13.2 Å². The van der Waals surface area contributed by atoms with E-state index in [1.807, 2.05) is 0 Å². The molecule has 2 aliphatic rings. The number of alkyl halides is 3. The zero-order chi connectivity index (χ0) is 23.6. The average Bonchev–Trinajstić information content (AvgIpc) is 3.17.